The van der Waals surface area contributed by atoms with E-state index in [1.807, 2.05) is 0 Å². The van der Waals surface area contributed by atoms with E-state index < -0.39 is 31.5 Å². The summed E-state index contributed by atoms with van der Waals surface area (Å²) < 4.78 is 0. The average Bonchev–Trinajstić information content (AvgIpc) is 2.00. The van der Waals surface area contributed by atoms with E-state index in [9.17, 15) is 0 Å². The molecule has 0 fully saturated rings. The molecule has 0 aliphatic carbocycles. The molecule has 5 N–H and O–H groups in total. The van der Waals surface area contributed by atoms with Crippen molar-refractivity contribution in [3.63, 3.8) is 0 Å². The summed E-state index contributed by atoms with van der Waals surface area (Å²) in [7, 11) is 0. The topological polar surface area (TPSA) is 101 Å². The molecular weight excluding hydrogens is 152 g/mol. The number of aliphatic hydroxyl groups is 5. The van der Waals surface area contributed by atoms with Crippen molar-refractivity contribution in [3.05, 3.63) is 0 Å². The molecule has 5 heteroatoms. The first-order valence-electron chi connectivity index (χ1n) is 2.89. The summed E-state index contributed by atoms with van der Waals surface area (Å²) >= 11 is 0. The second kappa shape index (κ2) is 6.51. The average molecular weight is 168 g/mol. The molecule has 70 valence electrons. The molecule has 0 aromatic carbocycles. The summed E-state index contributed by atoms with van der Waals surface area (Å²) in [6.45, 7) is -1.28. The van der Waals surface area contributed by atoms with Crippen LogP contribution in [0.1, 0.15) is 7.43 Å². The molecule has 0 aromatic rings. The lowest BCUT2D eigenvalue weighted by Crippen LogP contribution is -2.41. The lowest BCUT2D eigenvalue weighted by molar-refractivity contribution is -0.0900. The van der Waals surface area contributed by atoms with E-state index >= 15 is 0 Å². The summed E-state index contributed by atoms with van der Waals surface area (Å²) in [6.07, 6.45) is -4.29. The van der Waals surface area contributed by atoms with E-state index in [0.717, 1.165) is 0 Å². The maximum atomic E-state index is 8.77. The molecule has 0 spiro atoms. The third-order valence-corrected chi connectivity index (χ3v) is 1.16. The minimum absolute atomic E-state index is 0. The molecule has 0 aliphatic heterocycles. The summed E-state index contributed by atoms with van der Waals surface area (Å²) in [5, 5.41) is 42.6. The number of hydrogen-bond acceptors (Lipinski definition) is 5. The Labute approximate surface area is 65.5 Å². The quantitative estimate of drug-likeness (QED) is 0.325. The van der Waals surface area contributed by atoms with Gasteiger partial charge in [0.25, 0.3) is 0 Å². The summed E-state index contributed by atoms with van der Waals surface area (Å²) in [5.74, 6) is 0. The highest BCUT2D eigenvalue weighted by molar-refractivity contribution is 4.73. The Balaban J connectivity index is 0. The van der Waals surface area contributed by atoms with E-state index in [1.165, 1.54) is 0 Å². The van der Waals surface area contributed by atoms with Crippen molar-refractivity contribution in [2.45, 2.75) is 25.7 Å². The molecule has 0 saturated carbocycles. The van der Waals surface area contributed by atoms with Crippen LogP contribution in [-0.4, -0.2) is 57.1 Å². The lowest BCUT2D eigenvalue weighted by Gasteiger charge is -2.19. The van der Waals surface area contributed by atoms with Gasteiger partial charge in [-0.25, -0.2) is 0 Å². The smallest absolute Gasteiger partial charge is 0.110 e. The van der Waals surface area contributed by atoms with Crippen LogP contribution in [0.3, 0.4) is 0 Å². The van der Waals surface area contributed by atoms with Crippen LogP contribution >= 0.6 is 0 Å². The van der Waals surface area contributed by atoms with Crippen LogP contribution in [0.15, 0.2) is 0 Å². The fourth-order valence-corrected chi connectivity index (χ4v) is 0.472. The van der Waals surface area contributed by atoms with Crippen molar-refractivity contribution < 1.29 is 25.5 Å². The molecule has 0 amide bonds. The molecule has 0 aliphatic rings. The predicted octanol–water partition coefficient (Wildman–Crippen LogP) is -2.31. The number of rotatable bonds is 4. The molecule has 1 unspecified atom stereocenters. The molecular formula is C6H16O5. The molecule has 0 aromatic heterocycles. The Bertz CT molecular complexity index is 77.0. The van der Waals surface area contributed by atoms with E-state index in [1.54, 1.807) is 0 Å². The van der Waals surface area contributed by atoms with Crippen LogP contribution in [0.4, 0.5) is 0 Å². The fraction of sp³-hybridized carbons (Fsp3) is 1.00. The SMILES string of the molecule is C.OC[C@@H](O)C(O)[C@@H](O)CO. The highest BCUT2D eigenvalue weighted by atomic mass is 16.4. The van der Waals surface area contributed by atoms with Crippen molar-refractivity contribution in [1.29, 1.82) is 0 Å². The van der Waals surface area contributed by atoms with Crippen LogP contribution in [0.2, 0.25) is 0 Å². The van der Waals surface area contributed by atoms with Gasteiger partial charge in [-0.15, -0.1) is 0 Å². The van der Waals surface area contributed by atoms with Crippen LogP contribution in [0.5, 0.6) is 0 Å². The first kappa shape index (κ1) is 13.4. The zero-order valence-corrected chi connectivity index (χ0v) is 5.38. The molecule has 0 heterocycles. The van der Waals surface area contributed by atoms with Gasteiger partial charge in [0.05, 0.1) is 13.2 Å². The Morgan fingerprint density at radius 1 is 0.818 bits per heavy atom. The summed E-state index contributed by atoms with van der Waals surface area (Å²) in [5.41, 5.74) is 0. The van der Waals surface area contributed by atoms with Crippen LogP contribution in [0, 0.1) is 0 Å². The maximum absolute atomic E-state index is 8.77. The van der Waals surface area contributed by atoms with Crippen LogP contribution < -0.4 is 0 Å². The highest BCUT2D eigenvalue weighted by Gasteiger charge is 2.22. The summed E-state index contributed by atoms with van der Waals surface area (Å²) in [6, 6.07) is 0. The normalized spacial score (nSPS) is 18.3. The maximum Gasteiger partial charge on any atom is 0.110 e. The number of hydrogen-bond donors (Lipinski definition) is 5. The van der Waals surface area contributed by atoms with Crippen molar-refractivity contribution >= 4 is 0 Å². The van der Waals surface area contributed by atoms with Crippen molar-refractivity contribution in [2.75, 3.05) is 13.2 Å². The van der Waals surface area contributed by atoms with Crippen molar-refractivity contribution in [2.24, 2.45) is 0 Å². The van der Waals surface area contributed by atoms with Gasteiger partial charge in [-0.05, 0) is 0 Å². The molecule has 0 rings (SSSR count). The van der Waals surface area contributed by atoms with Gasteiger partial charge in [0.15, 0.2) is 0 Å². The molecule has 0 radical (unpaired) electrons. The summed E-state index contributed by atoms with van der Waals surface area (Å²) in [4.78, 5) is 0. The monoisotopic (exact) mass is 168 g/mol. The van der Waals surface area contributed by atoms with E-state index in [-0.39, 0.29) is 7.43 Å². The molecule has 5 nitrogen and oxygen atoms in total. The van der Waals surface area contributed by atoms with Crippen LogP contribution in [0.25, 0.3) is 0 Å². The van der Waals surface area contributed by atoms with Gasteiger partial charge < -0.3 is 25.5 Å². The molecule has 0 saturated heterocycles. The Hall–Kier alpha value is -0.200. The van der Waals surface area contributed by atoms with Gasteiger partial charge in [0, 0.05) is 0 Å². The van der Waals surface area contributed by atoms with Gasteiger partial charge in [0.2, 0.25) is 0 Å². The Morgan fingerprint density at radius 3 is 1.27 bits per heavy atom. The number of aliphatic hydroxyl groups excluding tert-OH is 5. The standard InChI is InChI=1S/C5H12O5.CH4/c6-1-3(8)5(10)4(9)2-7;/h3-10H,1-2H2;1H4/t3-,4+,5?;. The second-order valence-corrected chi connectivity index (χ2v) is 1.99. The minimum Gasteiger partial charge on any atom is -0.394 e. The van der Waals surface area contributed by atoms with E-state index in [4.69, 9.17) is 25.5 Å². The lowest BCUT2D eigenvalue weighted by atomic mass is 10.1. The highest BCUT2D eigenvalue weighted by Crippen LogP contribution is 1.97. The third-order valence-electron chi connectivity index (χ3n) is 1.16. The fourth-order valence-electron chi connectivity index (χ4n) is 0.472. The van der Waals surface area contributed by atoms with Gasteiger partial charge in [-0.2, -0.15) is 0 Å². The first-order valence-corrected chi connectivity index (χ1v) is 2.89. The largest absolute Gasteiger partial charge is 0.394 e. The van der Waals surface area contributed by atoms with Gasteiger partial charge in [0.1, 0.15) is 18.3 Å². The Kier molecular flexibility index (Phi) is 7.92. The Morgan fingerprint density at radius 2 is 1.09 bits per heavy atom. The molecule has 11 heavy (non-hydrogen) atoms. The molecule has 0 bridgehead atoms. The zero-order valence-electron chi connectivity index (χ0n) is 5.38. The van der Waals surface area contributed by atoms with E-state index in [2.05, 4.69) is 0 Å². The van der Waals surface area contributed by atoms with Crippen molar-refractivity contribution in [3.8, 4) is 0 Å². The third kappa shape index (κ3) is 4.28. The van der Waals surface area contributed by atoms with Gasteiger partial charge in [-0.3, -0.25) is 0 Å². The van der Waals surface area contributed by atoms with E-state index in [0.29, 0.717) is 0 Å². The van der Waals surface area contributed by atoms with Gasteiger partial charge >= 0.3 is 0 Å². The first-order chi connectivity index (χ1) is 4.63. The zero-order chi connectivity index (χ0) is 8.15. The predicted molar refractivity (Wildman–Crippen MR) is 38.9 cm³/mol. The second-order valence-electron chi connectivity index (χ2n) is 1.99. The minimum atomic E-state index is -1.49. The van der Waals surface area contributed by atoms with Crippen LogP contribution in [-0.2, 0) is 0 Å². The van der Waals surface area contributed by atoms with Crippen molar-refractivity contribution in [1.82, 2.24) is 0 Å². The van der Waals surface area contributed by atoms with Gasteiger partial charge in [-0.1, -0.05) is 7.43 Å². The molecule has 3 atom stereocenters.